The van der Waals surface area contributed by atoms with Crippen LogP contribution in [0.4, 0.5) is 4.79 Å². The average Bonchev–Trinajstić information content (AvgIpc) is 2.46. The number of morpholine rings is 1. The molecule has 2 rings (SSSR count). The van der Waals surface area contributed by atoms with Crippen LogP contribution >= 0.6 is 0 Å². The average molecular weight is 263 g/mol. The van der Waals surface area contributed by atoms with E-state index in [0.29, 0.717) is 26.2 Å². The minimum atomic E-state index is -0.0729. The third-order valence-corrected chi connectivity index (χ3v) is 3.25. The van der Waals surface area contributed by atoms with E-state index in [1.807, 2.05) is 37.3 Å². The van der Waals surface area contributed by atoms with Gasteiger partial charge in [-0.15, -0.1) is 0 Å². The van der Waals surface area contributed by atoms with Crippen LogP contribution in [0.25, 0.3) is 0 Å². The summed E-state index contributed by atoms with van der Waals surface area (Å²) in [6.07, 6.45) is -0.0729. The SMILES string of the molecule is CC(N)C1CN(C(=O)NCc2ccccc2)CCO1. The van der Waals surface area contributed by atoms with Crippen LogP contribution in [0.15, 0.2) is 30.3 Å². The third-order valence-electron chi connectivity index (χ3n) is 3.25. The number of benzene rings is 1. The lowest BCUT2D eigenvalue weighted by Crippen LogP contribution is -2.53. The Morgan fingerprint density at radius 1 is 1.53 bits per heavy atom. The Labute approximate surface area is 113 Å². The number of nitrogens with one attached hydrogen (secondary N) is 1. The van der Waals surface area contributed by atoms with E-state index < -0.39 is 0 Å². The maximum atomic E-state index is 12.1. The predicted octanol–water partition coefficient (Wildman–Crippen LogP) is 0.944. The van der Waals surface area contributed by atoms with Crippen molar-refractivity contribution in [2.24, 2.45) is 5.73 Å². The topological polar surface area (TPSA) is 67.6 Å². The normalized spacial score (nSPS) is 20.9. The predicted molar refractivity (Wildman–Crippen MR) is 73.6 cm³/mol. The van der Waals surface area contributed by atoms with Crippen molar-refractivity contribution >= 4 is 6.03 Å². The molecule has 104 valence electrons. The Morgan fingerprint density at radius 3 is 2.95 bits per heavy atom. The zero-order chi connectivity index (χ0) is 13.7. The molecule has 0 saturated carbocycles. The molecule has 0 radical (unpaired) electrons. The fraction of sp³-hybridized carbons (Fsp3) is 0.500. The Morgan fingerprint density at radius 2 is 2.26 bits per heavy atom. The molecule has 1 aromatic carbocycles. The van der Waals surface area contributed by atoms with Gasteiger partial charge in [0.05, 0.1) is 19.3 Å². The summed E-state index contributed by atoms with van der Waals surface area (Å²) in [4.78, 5) is 13.8. The minimum absolute atomic E-state index is 0.0576. The molecule has 2 unspecified atom stereocenters. The highest BCUT2D eigenvalue weighted by Gasteiger charge is 2.26. The molecule has 1 fully saturated rings. The van der Waals surface area contributed by atoms with Crippen molar-refractivity contribution in [1.82, 2.24) is 10.2 Å². The molecule has 5 heteroatoms. The second kappa shape index (κ2) is 6.54. The Hall–Kier alpha value is -1.59. The van der Waals surface area contributed by atoms with Gasteiger partial charge in [-0.25, -0.2) is 4.79 Å². The number of carbonyl (C=O) groups excluding carboxylic acids is 1. The molecule has 1 aliphatic rings. The monoisotopic (exact) mass is 263 g/mol. The van der Waals surface area contributed by atoms with Gasteiger partial charge in [-0.05, 0) is 12.5 Å². The van der Waals surface area contributed by atoms with Crippen LogP contribution in [0.3, 0.4) is 0 Å². The number of nitrogens with two attached hydrogens (primary N) is 1. The van der Waals surface area contributed by atoms with E-state index in [9.17, 15) is 4.79 Å². The first-order valence-electron chi connectivity index (χ1n) is 6.60. The lowest BCUT2D eigenvalue weighted by molar-refractivity contribution is -0.0238. The number of hydrogen-bond acceptors (Lipinski definition) is 3. The van der Waals surface area contributed by atoms with Crippen LogP contribution in [-0.2, 0) is 11.3 Å². The first-order chi connectivity index (χ1) is 9.16. The largest absolute Gasteiger partial charge is 0.373 e. The smallest absolute Gasteiger partial charge is 0.317 e. The summed E-state index contributed by atoms with van der Waals surface area (Å²) in [6, 6.07) is 9.74. The van der Waals surface area contributed by atoms with Crippen molar-refractivity contribution in [2.45, 2.75) is 25.6 Å². The summed E-state index contributed by atoms with van der Waals surface area (Å²) in [5.41, 5.74) is 6.90. The zero-order valence-electron chi connectivity index (χ0n) is 11.2. The van der Waals surface area contributed by atoms with Crippen LogP contribution in [0, 0.1) is 0 Å². The van der Waals surface area contributed by atoms with E-state index in [4.69, 9.17) is 10.5 Å². The highest BCUT2D eigenvalue weighted by atomic mass is 16.5. The van der Waals surface area contributed by atoms with Crippen molar-refractivity contribution < 1.29 is 9.53 Å². The van der Waals surface area contributed by atoms with Crippen LogP contribution in [-0.4, -0.2) is 42.8 Å². The number of hydrogen-bond donors (Lipinski definition) is 2. The molecule has 2 amide bonds. The molecular formula is C14H21N3O2. The third kappa shape index (κ3) is 3.94. The molecule has 1 aromatic rings. The fourth-order valence-electron chi connectivity index (χ4n) is 2.06. The lowest BCUT2D eigenvalue weighted by atomic mass is 10.1. The van der Waals surface area contributed by atoms with E-state index in [1.54, 1.807) is 4.90 Å². The van der Waals surface area contributed by atoms with Gasteiger partial charge in [-0.3, -0.25) is 0 Å². The summed E-state index contributed by atoms with van der Waals surface area (Å²) in [6.45, 7) is 4.16. The number of amides is 2. The van der Waals surface area contributed by atoms with E-state index in [-0.39, 0.29) is 18.2 Å². The summed E-state index contributed by atoms with van der Waals surface area (Å²) in [7, 11) is 0. The number of nitrogens with zero attached hydrogens (tertiary/aromatic N) is 1. The first-order valence-corrected chi connectivity index (χ1v) is 6.60. The van der Waals surface area contributed by atoms with E-state index in [1.165, 1.54) is 0 Å². The summed E-state index contributed by atoms with van der Waals surface area (Å²) >= 11 is 0. The van der Waals surface area contributed by atoms with E-state index in [2.05, 4.69) is 5.32 Å². The van der Waals surface area contributed by atoms with Crippen LogP contribution in [0.5, 0.6) is 0 Å². The highest BCUT2D eigenvalue weighted by molar-refractivity contribution is 5.74. The Bertz CT molecular complexity index is 408. The van der Waals surface area contributed by atoms with Crippen LogP contribution in [0.1, 0.15) is 12.5 Å². The van der Waals surface area contributed by atoms with Crippen LogP contribution < -0.4 is 11.1 Å². The molecule has 1 aliphatic heterocycles. The Kier molecular flexibility index (Phi) is 4.76. The number of urea groups is 1. The minimum Gasteiger partial charge on any atom is -0.373 e. The molecule has 0 aromatic heterocycles. The van der Waals surface area contributed by atoms with Gasteiger partial charge in [0.25, 0.3) is 0 Å². The molecule has 2 atom stereocenters. The van der Waals surface area contributed by atoms with Crippen LogP contribution in [0.2, 0.25) is 0 Å². The van der Waals surface area contributed by atoms with E-state index >= 15 is 0 Å². The summed E-state index contributed by atoms with van der Waals surface area (Å²) < 4.78 is 5.54. The second-order valence-electron chi connectivity index (χ2n) is 4.86. The standard InChI is InChI=1S/C14H21N3O2/c1-11(15)13-10-17(7-8-19-13)14(18)16-9-12-5-3-2-4-6-12/h2-6,11,13H,7-10,15H2,1H3,(H,16,18). The van der Waals surface area contributed by atoms with Gasteiger partial charge in [-0.2, -0.15) is 0 Å². The van der Waals surface area contributed by atoms with Crippen molar-refractivity contribution in [3.05, 3.63) is 35.9 Å². The summed E-state index contributed by atoms with van der Waals surface area (Å²) in [5.74, 6) is 0. The maximum absolute atomic E-state index is 12.1. The van der Waals surface area contributed by atoms with Crippen molar-refractivity contribution in [1.29, 1.82) is 0 Å². The molecular weight excluding hydrogens is 242 g/mol. The van der Waals surface area contributed by atoms with Crippen molar-refractivity contribution in [2.75, 3.05) is 19.7 Å². The molecule has 0 aliphatic carbocycles. The molecule has 1 heterocycles. The molecule has 1 saturated heterocycles. The fourth-order valence-corrected chi connectivity index (χ4v) is 2.06. The molecule has 5 nitrogen and oxygen atoms in total. The van der Waals surface area contributed by atoms with Gasteiger partial charge < -0.3 is 20.7 Å². The Balaban J connectivity index is 1.83. The number of rotatable bonds is 3. The van der Waals surface area contributed by atoms with Gasteiger partial charge in [0.2, 0.25) is 0 Å². The first kappa shape index (κ1) is 13.8. The quantitative estimate of drug-likeness (QED) is 0.853. The second-order valence-corrected chi connectivity index (χ2v) is 4.86. The van der Waals surface area contributed by atoms with Gasteiger partial charge in [0.15, 0.2) is 0 Å². The summed E-state index contributed by atoms with van der Waals surface area (Å²) in [5, 5.41) is 2.92. The van der Waals surface area contributed by atoms with Gasteiger partial charge >= 0.3 is 6.03 Å². The number of carbonyl (C=O) groups is 1. The van der Waals surface area contributed by atoms with E-state index in [0.717, 1.165) is 5.56 Å². The van der Waals surface area contributed by atoms with Gasteiger partial charge in [-0.1, -0.05) is 30.3 Å². The highest BCUT2D eigenvalue weighted by Crippen LogP contribution is 2.08. The zero-order valence-corrected chi connectivity index (χ0v) is 11.2. The maximum Gasteiger partial charge on any atom is 0.317 e. The lowest BCUT2D eigenvalue weighted by Gasteiger charge is -2.34. The van der Waals surface area contributed by atoms with Crippen molar-refractivity contribution in [3.8, 4) is 0 Å². The van der Waals surface area contributed by atoms with Crippen molar-refractivity contribution in [3.63, 3.8) is 0 Å². The number of ether oxygens (including phenoxy) is 1. The molecule has 0 bridgehead atoms. The van der Waals surface area contributed by atoms with Gasteiger partial charge in [0.1, 0.15) is 0 Å². The van der Waals surface area contributed by atoms with Gasteiger partial charge in [0, 0.05) is 19.1 Å². The molecule has 19 heavy (non-hydrogen) atoms. The molecule has 3 N–H and O–H groups in total. The molecule has 0 spiro atoms.